The van der Waals surface area contributed by atoms with E-state index in [0.29, 0.717) is 18.8 Å². The number of hydrogen-bond acceptors (Lipinski definition) is 4. The lowest BCUT2D eigenvalue weighted by Crippen LogP contribution is -2.43. The molecule has 0 radical (unpaired) electrons. The molecule has 1 aromatic carbocycles. The number of nitrogens with one attached hydrogen (secondary N) is 1. The normalized spacial score (nSPS) is 18.8. The van der Waals surface area contributed by atoms with Gasteiger partial charge in [-0.3, -0.25) is 0 Å². The Kier molecular flexibility index (Phi) is 4.54. The van der Waals surface area contributed by atoms with Crippen LogP contribution in [0.2, 0.25) is 0 Å². The largest absolute Gasteiger partial charge is 0.461 e. The zero-order valence-electron chi connectivity index (χ0n) is 13.9. The number of piperidine rings is 1. The molecule has 1 aromatic heterocycles. The van der Waals surface area contributed by atoms with Crippen LogP contribution in [0.25, 0.3) is 11.0 Å². The lowest BCUT2D eigenvalue weighted by Gasteiger charge is -2.32. The standard InChI is InChI=1S/C17H22N2O4S/c1-12-8-14-9-15(5-6-16(14)23-12)18-17(20)19-7-3-4-13(10-19)11-24(2,21)22/h5-6,8-9,13H,3-4,7,10-11H2,1-2H3,(H,18,20)/t13-/m0/s1. The van der Waals surface area contributed by atoms with Crippen molar-refractivity contribution in [1.82, 2.24) is 4.90 Å². The van der Waals surface area contributed by atoms with E-state index >= 15 is 0 Å². The van der Waals surface area contributed by atoms with Gasteiger partial charge in [-0.15, -0.1) is 0 Å². The maximum absolute atomic E-state index is 12.5. The van der Waals surface area contributed by atoms with Crippen molar-refractivity contribution in [3.63, 3.8) is 0 Å². The Morgan fingerprint density at radius 2 is 2.17 bits per heavy atom. The van der Waals surface area contributed by atoms with Crippen molar-refractivity contribution >= 4 is 32.5 Å². The van der Waals surface area contributed by atoms with Crippen molar-refractivity contribution in [2.45, 2.75) is 19.8 Å². The second kappa shape index (κ2) is 6.47. The SMILES string of the molecule is Cc1cc2cc(NC(=O)N3CCC[C@H](CS(C)(=O)=O)C3)ccc2o1. The van der Waals surface area contributed by atoms with Crippen LogP contribution in [-0.4, -0.2) is 44.4 Å². The molecule has 2 heterocycles. The summed E-state index contributed by atoms with van der Waals surface area (Å²) in [6, 6.07) is 7.25. The molecule has 3 rings (SSSR count). The zero-order valence-corrected chi connectivity index (χ0v) is 14.7. The number of nitrogens with zero attached hydrogens (tertiary/aromatic N) is 1. The average molecular weight is 350 g/mol. The number of likely N-dealkylation sites (tertiary alicyclic amines) is 1. The lowest BCUT2D eigenvalue weighted by molar-refractivity contribution is 0.183. The van der Waals surface area contributed by atoms with Gasteiger partial charge in [0.15, 0.2) is 0 Å². The first kappa shape index (κ1) is 16.8. The minimum absolute atomic E-state index is 0.0125. The van der Waals surface area contributed by atoms with Crippen molar-refractivity contribution < 1.29 is 17.6 Å². The molecule has 0 aliphatic carbocycles. The smallest absolute Gasteiger partial charge is 0.321 e. The van der Waals surface area contributed by atoms with Crippen LogP contribution >= 0.6 is 0 Å². The summed E-state index contributed by atoms with van der Waals surface area (Å²) in [4.78, 5) is 14.2. The molecule has 1 N–H and O–H groups in total. The minimum Gasteiger partial charge on any atom is -0.461 e. The molecule has 6 nitrogen and oxygen atoms in total. The maximum Gasteiger partial charge on any atom is 0.321 e. The zero-order chi connectivity index (χ0) is 17.3. The molecule has 0 unspecified atom stereocenters. The fourth-order valence-corrected chi connectivity index (χ4v) is 4.40. The van der Waals surface area contributed by atoms with E-state index in [1.807, 2.05) is 25.1 Å². The van der Waals surface area contributed by atoms with E-state index in [9.17, 15) is 13.2 Å². The second-order valence-electron chi connectivity index (χ2n) is 6.59. The molecule has 1 saturated heterocycles. The van der Waals surface area contributed by atoms with Gasteiger partial charge in [-0.1, -0.05) is 0 Å². The number of fused-ring (bicyclic) bond motifs is 1. The van der Waals surface area contributed by atoms with Crippen LogP contribution in [0, 0.1) is 12.8 Å². The highest BCUT2D eigenvalue weighted by atomic mass is 32.2. The van der Waals surface area contributed by atoms with Crippen molar-refractivity contribution in [2.24, 2.45) is 5.92 Å². The number of carbonyl (C=O) groups is 1. The van der Waals surface area contributed by atoms with E-state index in [0.717, 1.165) is 29.6 Å². The van der Waals surface area contributed by atoms with Gasteiger partial charge in [-0.05, 0) is 49.9 Å². The summed E-state index contributed by atoms with van der Waals surface area (Å²) >= 11 is 0. The van der Waals surface area contributed by atoms with Crippen molar-refractivity contribution in [3.05, 3.63) is 30.0 Å². The number of rotatable bonds is 3. The molecule has 1 fully saturated rings. The van der Waals surface area contributed by atoms with Crippen LogP contribution in [-0.2, 0) is 9.84 Å². The maximum atomic E-state index is 12.5. The Balaban J connectivity index is 1.66. The highest BCUT2D eigenvalue weighted by Gasteiger charge is 2.26. The summed E-state index contributed by atoms with van der Waals surface area (Å²) in [7, 11) is -3.02. The number of hydrogen-bond donors (Lipinski definition) is 1. The lowest BCUT2D eigenvalue weighted by atomic mass is 10.0. The summed E-state index contributed by atoms with van der Waals surface area (Å²) in [5.41, 5.74) is 1.50. The van der Waals surface area contributed by atoms with E-state index in [1.54, 1.807) is 11.0 Å². The van der Waals surface area contributed by atoms with Gasteiger partial charge in [0, 0.05) is 30.4 Å². The predicted molar refractivity (Wildman–Crippen MR) is 94.0 cm³/mol. The Morgan fingerprint density at radius 3 is 2.92 bits per heavy atom. The number of amides is 2. The summed E-state index contributed by atoms with van der Waals surface area (Å²) in [5.74, 6) is 0.975. The molecule has 2 aromatic rings. The molecular weight excluding hydrogens is 328 g/mol. The number of aryl methyl sites for hydroxylation is 1. The van der Waals surface area contributed by atoms with Gasteiger partial charge in [0.05, 0.1) is 5.75 Å². The van der Waals surface area contributed by atoms with Gasteiger partial charge in [0.1, 0.15) is 21.2 Å². The minimum atomic E-state index is -3.02. The number of anilines is 1. The van der Waals surface area contributed by atoms with E-state index in [-0.39, 0.29) is 17.7 Å². The molecule has 24 heavy (non-hydrogen) atoms. The van der Waals surface area contributed by atoms with Crippen molar-refractivity contribution in [2.75, 3.05) is 30.4 Å². The van der Waals surface area contributed by atoms with Gasteiger partial charge < -0.3 is 14.6 Å². The third kappa shape index (κ3) is 4.08. The van der Waals surface area contributed by atoms with Crippen LogP contribution in [0.15, 0.2) is 28.7 Å². The van der Waals surface area contributed by atoms with Gasteiger partial charge in [0.25, 0.3) is 0 Å². The third-order valence-corrected chi connectivity index (χ3v) is 5.31. The molecule has 2 amide bonds. The van der Waals surface area contributed by atoms with E-state index in [2.05, 4.69) is 5.32 Å². The monoisotopic (exact) mass is 350 g/mol. The van der Waals surface area contributed by atoms with Crippen LogP contribution in [0.5, 0.6) is 0 Å². The van der Waals surface area contributed by atoms with Crippen LogP contribution in [0.3, 0.4) is 0 Å². The number of benzene rings is 1. The molecule has 0 bridgehead atoms. The topological polar surface area (TPSA) is 79.6 Å². The van der Waals surface area contributed by atoms with Crippen molar-refractivity contribution in [3.8, 4) is 0 Å². The second-order valence-corrected chi connectivity index (χ2v) is 8.77. The first-order chi connectivity index (χ1) is 11.3. The van der Waals surface area contributed by atoms with Gasteiger partial charge in [0.2, 0.25) is 0 Å². The van der Waals surface area contributed by atoms with E-state index in [1.165, 1.54) is 6.26 Å². The van der Waals surface area contributed by atoms with Crippen molar-refractivity contribution in [1.29, 1.82) is 0 Å². The van der Waals surface area contributed by atoms with Crippen LogP contribution in [0.4, 0.5) is 10.5 Å². The molecule has 130 valence electrons. The Hall–Kier alpha value is -2.02. The fourth-order valence-electron chi connectivity index (χ4n) is 3.27. The highest BCUT2D eigenvalue weighted by molar-refractivity contribution is 7.90. The number of furan rings is 1. The summed E-state index contributed by atoms with van der Waals surface area (Å²) < 4.78 is 28.5. The first-order valence-corrected chi connectivity index (χ1v) is 10.1. The molecule has 1 atom stereocenters. The van der Waals surface area contributed by atoms with Crippen LogP contribution < -0.4 is 5.32 Å². The third-order valence-electron chi connectivity index (χ3n) is 4.24. The van der Waals surface area contributed by atoms with Crippen LogP contribution in [0.1, 0.15) is 18.6 Å². The average Bonchev–Trinajstić information content (AvgIpc) is 2.85. The highest BCUT2D eigenvalue weighted by Crippen LogP contribution is 2.24. The Bertz CT molecular complexity index is 857. The quantitative estimate of drug-likeness (QED) is 0.923. The van der Waals surface area contributed by atoms with Gasteiger partial charge in [-0.25, -0.2) is 13.2 Å². The van der Waals surface area contributed by atoms with Gasteiger partial charge in [-0.2, -0.15) is 0 Å². The molecular formula is C17H22N2O4S. The Morgan fingerprint density at radius 1 is 1.38 bits per heavy atom. The number of sulfone groups is 1. The Labute approximate surface area is 141 Å². The van der Waals surface area contributed by atoms with E-state index < -0.39 is 9.84 Å². The molecule has 0 saturated carbocycles. The molecule has 1 aliphatic rings. The van der Waals surface area contributed by atoms with E-state index in [4.69, 9.17) is 4.42 Å². The first-order valence-electron chi connectivity index (χ1n) is 8.04. The number of urea groups is 1. The summed E-state index contributed by atoms with van der Waals surface area (Å²) in [5, 5.41) is 3.84. The van der Waals surface area contributed by atoms with Gasteiger partial charge >= 0.3 is 6.03 Å². The summed E-state index contributed by atoms with van der Waals surface area (Å²) in [6.45, 7) is 3.01. The number of carbonyl (C=O) groups excluding carboxylic acids is 1. The molecule has 1 aliphatic heterocycles. The molecule has 7 heteroatoms. The predicted octanol–water partition coefficient (Wildman–Crippen LogP) is 3.03. The fraction of sp³-hybridized carbons (Fsp3) is 0.471. The molecule has 0 spiro atoms. The summed E-state index contributed by atoms with van der Waals surface area (Å²) in [6.07, 6.45) is 2.92.